The third-order valence-corrected chi connectivity index (χ3v) is 6.76. The Morgan fingerprint density at radius 1 is 1.03 bits per heavy atom. The van der Waals surface area contributed by atoms with E-state index in [0.717, 1.165) is 24.4 Å². The molecule has 1 atom stereocenters. The molecule has 0 saturated carbocycles. The summed E-state index contributed by atoms with van der Waals surface area (Å²) in [4.78, 5) is 27.7. The van der Waals surface area contributed by atoms with Crippen molar-refractivity contribution in [3.63, 3.8) is 0 Å². The van der Waals surface area contributed by atoms with Crippen molar-refractivity contribution in [2.24, 2.45) is 0 Å². The number of amides is 2. The fourth-order valence-electron chi connectivity index (χ4n) is 3.60. The Morgan fingerprint density at radius 3 is 2.45 bits per heavy atom. The molecule has 8 heteroatoms. The van der Waals surface area contributed by atoms with Crippen molar-refractivity contribution in [3.05, 3.63) is 70.5 Å². The molecule has 2 aromatic carbocycles. The average molecular weight is 455 g/mol. The number of imide groups is 1. The number of rotatable bonds is 4. The SMILES string of the molecule is Cc1ccc(-n2c(C)nnc2S[C@H]2CCCCN(C(=O)c3ccc(Cl)cc3)C2=O)cc1. The summed E-state index contributed by atoms with van der Waals surface area (Å²) in [6.45, 7) is 4.35. The molecule has 1 saturated heterocycles. The van der Waals surface area contributed by atoms with Crippen LogP contribution in [0.4, 0.5) is 0 Å². The van der Waals surface area contributed by atoms with Crippen LogP contribution >= 0.6 is 23.4 Å². The molecule has 0 N–H and O–H groups in total. The molecule has 4 rings (SSSR count). The van der Waals surface area contributed by atoms with Gasteiger partial charge in [0.1, 0.15) is 5.82 Å². The highest BCUT2D eigenvalue weighted by Gasteiger charge is 2.33. The minimum Gasteiger partial charge on any atom is -0.278 e. The topological polar surface area (TPSA) is 68.1 Å². The summed E-state index contributed by atoms with van der Waals surface area (Å²) in [6, 6.07) is 14.7. The lowest BCUT2D eigenvalue weighted by molar-refractivity contribution is -0.127. The van der Waals surface area contributed by atoms with Gasteiger partial charge in [0.2, 0.25) is 5.91 Å². The zero-order valence-corrected chi connectivity index (χ0v) is 19.0. The van der Waals surface area contributed by atoms with Gasteiger partial charge in [-0.05, 0) is 63.1 Å². The molecule has 160 valence electrons. The minimum absolute atomic E-state index is 0.182. The van der Waals surface area contributed by atoms with Crippen molar-refractivity contribution in [3.8, 4) is 5.69 Å². The van der Waals surface area contributed by atoms with Gasteiger partial charge in [-0.1, -0.05) is 47.5 Å². The Morgan fingerprint density at radius 2 is 1.74 bits per heavy atom. The first-order valence-corrected chi connectivity index (χ1v) is 11.5. The van der Waals surface area contributed by atoms with Crippen molar-refractivity contribution < 1.29 is 9.59 Å². The number of carbonyl (C=O) groups is 2. The summed E-state index contributed by atoms with van der Waals surface area (Å²) < 4.78 is 1.95. The number of benzene rings is 2. The molecule has 3 aromatic rings. The third kappa shape index (κ3) is 4.67. The molecule has 1 aliphatic rings. The van der Waals surface area contributed by atoms with Crippen molar-refractivity contribution >= 4 is 35.2 Å². The zero-order valence-electron chi connectivity index (χ0n) is 17.4. The van der Waals surface area contributed by atoms with Crippen molar-refractivity contribution in [2.75, 3.05) is 6.54 Å². The van der Waals surface area contributed by atoms with E-state index >= 15 is 0 Å². The van der Waals surface area contributed by atoms with Gasteiger partial charge >= 0.3 is 0 Å². The Hall–Kier alpha value is -2.64. The summed E-state index contributed by atoms with van der Waals surface area (Å²) in [6.07, 6.45) is 2.34. The van der Waals surface area contributed by atoms with Crippen LogP contribution in [0.5, 0.6) is 0 Å². The molecule has 2 amide bonds. The first-order chi connectivity index (χ1) is 14.9. The van der Waals surface area contributed by atoms with Crippen molar-refractivity contribution in [1.29, 1.82) is 0 Å². The average Bonchev–Trinajstić information content (AvgIpc) is 3.02. The molecule has 0 unspecified atom stereocenters. The van der Waals surface area contributed by atoms with Gasteiger partial charge in [-0.15, -0.1) is 10.2 Å². The lowest BCUT2D eigenvalue weighted by atomic mass is 10.2. The predicted octanol–water partition coefficient (Wildman–Crippen LogP) is 4.85. The summed E-state index contributed by atoms with van der Waals surface area (Å²) >= 11 is 7.31. The van der Waals surface area contributed by atoms with Gasteiger partial charge in [-0.2, -0.15) is 0 Å². The van der Waals surface area contributed by atoms with E-state index < -0.39 is 5.25 Å². The first-order valence-electron chi connectivity index (χ1n) is 10.2. The molecule has 31 heavy (non-hydrogen) atoms. The molecule has 0 aliphatic carbocycles. The molecule has 6 nitrogen and oxygen atoms in total. The maximum absolute atomic E-state index is 13.3. The number of aromatic nitrogens is 3. The Kier molecular flexibility index (Phi) is 6.43. The maximum Gasteiger partial charge on any atom is 0.260 e. The van der Waals surface area contributed by atoms with E-state index in [1.807, 2.05) is 42.7 Å². The molecule has 1 aromatic heterocycles. The number of carbonyl (C=O) groups excluding carboxylic acids is 2. The van der Waals surface area contributed by atoms with E-state index in [1.165, 1.54) is 22.2 Å². The van der Waals surface area contributed by atoms with Crippen molar-refractivity contribution in [1.82, 2.24) is 19.7 Å². The van der Waals surface area contributed by atoms with Gasteiger partial charge in [-0.3, -0.25) is 19.1 Å². The number of hydrogen-bond acceptors (Lipinski definition) is 5. The molecular formula is C23H23ClN4O2S. The van der Waals surface area contributed by atoms with Crippen LogP contribution in [-0.2, 0) is 4.79 Å². The van der Waals surface area contributed by atoms with Gasteiger partial charge in [0.15, 0.2) is 5.16 Å². The smallest absolute Gasteiger partial charge is 0.260 e. The Balaban J connectivity index is 1.59. The molecule has 1 aliphatic heterocycles. The highest BCUT2D eigenvalue weighted by Crippen LogP contribution is 2.31. The quantitative estimate of drug-likeness (QED) is 0.527. The van der Waals surface area contributed by atoms with E-state index in [9.17, 15) is 9.59 Å². The second-order valence-electron chi connectivity index (χ2n) is 7.60. The van der Waals surface area contributed by atoms with Gasteiger partial charge < -0.3 is 0 Å². The van der Waals surface area contributed by atoms with E-state index in [0.29, 0.717) is 28.7 Å². The van der Waals surface area contributed by atoms with Gasteiger partial charge in [0.05, 0.1) is 5.25 Å². The van der Waals surface area contributed by atoms with Crippen LogP contribution in [0.1, 0.15) is 41.0 Å². The zero-order chi connectivity index (χ0) is 22.0. The molecule has 0 bridgehead atoms. The number of likely N-dealkylation sites (tertiary alicyclic amines) is 1. The molecule has 2 heterocycles. The fourth-order valence-corrected chi connectivity index (χ4v) is 4.93. The predicted molar refractivity (Wildman–Crippen MR) is 122 cm³/mol. The van der Waals surface area contributed by atoms with Gasteiger partial charge in [0.25, 0.3) is 5.91 Å². The van der Waals surface area contributed by atoms with Crippen LogP contribution in [-0.4, -0.2) is 43.3 Å². The lowest BCUT2D eigenvalue weighted by Gasteiger charge is -2.22. The van der Waals surface area contributed by atoms with Crippen LogP contribution in [0, 0.1) is 13.8 Å². The highest BCUT2D eigenvalue weighted by atomic mass is 35.5. The summed E-state index contributed by atoms with van der Waals surface area (Å²) in [5.74, 6) is 0.283. The Labute approximate surface area is 190 Å². The summed E-state index contributed by atoms with van der Waals surface area (Å²) in [5.41, 5.74) is 2.58. The van der Waals surface area contributed by atoms with Gasteiger partial charge in [0, 0.05) is 22.8 Å². The number of hydrogen-bond donors (Lipinski definition) is 0. The van der Waals surface area contributed by atoms with Gasteiger partial charge in [-0.25, -0.2) is 0 Å². The minimum atomic E-state index is -0.397. The lowest BCUT2D eigenvalue weighted by Crippen LogP contribution is -2.41. The largest absolute Gasteiger partial charge is 0.278 e. The van der Waals surface area contributed by atoms with Crippen LogP contribution in [0.25, 0.3) is 5.69 Å². The van der Waals surface area contributed by atoms with E-state index in [-0.39, 0.29) is 11.8 Å². The number of halogens is 1. The first kappa shape index (κ1) is 21.6. The monoisotopic (exact) mass is 454 g/mol. The molecule has 1 fully saturated rings. The van der Waals surface area contributed by atoms with Crippen LogP contribution < -0.4 is 0 Å². The molecule has 0 radical (unpaired) electrons. The van der Waals surface area contributed by atoms with Crippen LogP contribution in [0.2, 0.25) is 5.02 Å². The fraction of sp³-hybridized carbons (Fsp3) is 0.304. The van der Waals surface area contributed by atoms with E-state index in [2.05, 4.69) is 10.2 Å². The molecular weight excluding hydrogens is 432 g/mol. The van der Waals surface area contributed by atoms with Crippen LogP contribution in [0.15, 0.2) is 53.7 Å². The standard InChI is InChI=1S/C23H23ClN4O2S/c1-15-6-12-19(13-7-15)28-16(2)25-26-23(28)31-20-5-3-4-14-27(22(20)30)21(29)17-8-10-18(24)11-9-17/h6-13,20H,3-5,14H2,1-2H3/t20-/m0/s1. The summed E-state index contributed by atoms with van der Waals surface area (Å²) in [7, 11) is 0. The third-order valence-electron chi connectivity index (χ3n) is 5.31. The van der Waals surface area contributed by atoms with Crippen molar-refractivity contribution in [2.45, 2.75) is 43.5 Å². The Bertz CT molecular complexity index is 1100. The number of thioether (sulfide) groups is 1. The highest BCUT2D eigenvalue weighted by molar-refractivity contribution is 8.00. The van der Waals surface area contributed by atoms with E-state index in [4.69, 9.17) is 11.6 Å². The molecule has 0 spiro atoms. The number of nitrogens with zero attached hydrogens (tertiary/aromatic N) is 4. The maximum atomic E-state index is 13.3. The van der Waals surface area contributed by atoms with E-state index in [1.54, 1.807) is 24.3 Å². The number of aryl methyl sites for hydroxylation is 2. The second kappa shape index (κ2) is 9.24. The normalized spacial score (nSPS) is 16.9. The van der Waals surface area contributed by atoms with Crippen LogP contribution in [0.3, 0.4) is 0 Å². The second-order valence-corrected chi connectivity index (χ2v) is 9.21. The summed E-state index contributed by atoms with van der Waals surface area (Å²) in [5, 5.41) is 9.35.